The Morgan fingerprint density at radius 2 is 1.64 bits per heavy atom. The lowest BCUT2D eigenvalue weighted by atomic mass is 10.1. The molecule has 0 saturated heterocycles. The molecule has 0 saturated carbocycles. The Bertz CT molecular complexity index is 687. The van der Waals surface area contributed by atoms with Crippen molar-refractivity contribution < 1.29 is 23.9 Å². The number of carbonyl (C=O) groups is 3. The average Bonchev–Trinajstić information content (AvgIpc) is 2.55. The van der Waals surface area contributed by atoms with Gasteiger partial charge in [0.2, 0.25) is 6.10 Å². The summed E-state index contributed by atoms with van der Waals surface area (Å²) < 4.78 is 9.18. The first-order valence-electron chi connectivity index (χ1n) is 8.36. The van der Waals surface area contributed by atoms with E-state index in [4.69, 9.17) is 9.47 Å². The van der Waals surface area contributed by atoms with Crippen LogP contribution in [0.25, 0.3) is 0 Å². The molecule has 0 aliphatic carbocycles. The Balaban J connectivity index is 2.63. The second kappa shape index (κ2) is 10.6. The Labute approximate surface area is 189 Å². The molecule has 1 unspecified atom stereocenters. The molecule has 0 spiro atoms. The lowest BCUT2D eigenvalue weighted by Gasteiger charge is -2.29. The zero-order chi connectivity index (χ0) is 21.5. The van der Waals surface area contributed by atoms with Crippen LogP contribution in [0.1, 0.15) is 33.3 Å². The van der Waals surface area contributed by atoms with Gasteiger partial charge >= 0.3 is 12.1 Å². The van der Waals surface area contributed by atoms with Gasteiger partial charge in [0.15, 0.2) is 2.14 Å². The average molecular weight is 587 g/mol. The van der Waals surface area contributed by atoms with Crippen LogP contribution >= 0.6 is 47.8 Å². The van der Waals surface area contributed by atoms with Gasteiger partial charge in [0, 0.05) is 5.54 Å². The number of ether oxygens (including phenoxy) is 2. The zero-order valence-electron chi connectivity index (χ0n) is 15.9. The van der Waals surface area contributed by atoms with Crippen LogP contribution < -0.4 is 10.6 Å². The number of alkyl carbamates (subject to hydrolysis) is 1. The summed E-state index contributed by atoms with van der Waals surface area (Å²) in [6, 6.07) is 8.10. The summed E-state index contributed by atoms with van der Waals surface area (Å²) in [5.41, 5.74) is 0.292. The third kappa shape index (κ3) is 9.38. The molecule has 0 heterocycles. The van der Waals surface area contributed by atoms with E-state index in [1.54, 1.807) is 20.8 Å². The summed E-state index contributed by atoms with van der Waals surface area (Å²) >= 11 is 9.65. The van der Waals surface area contributed by atoms with Crippen LogP contribution in [0.5, 0.6) is 0 Å². The number of hydrogen-bond donors (Lipinski definition) is 2. The van der Waals surface area contributed by atoms with Crippen molar-refractivity contribution in [2.45, 2.75) is 54.1 Å². The highest BCUT2D eigenvalue weighted by Gasteiger charge is 2.42. The van der Waals surface area contributed by atoms with Gasteiger partial charge in [-0.2, -0.15) is 0 Å². The molecule has 0 aromatic heterocycles. The monoisotopic (exact) mass is 584 g/mol. The van der Waals surface area contributed by atoms with Crippen LogP contribution in [0.3, 0.4) is 0 Å². The fourth-order valence-electron chi connectivity index (χ4n) is 1.92. The molecule has 156 valence electrons. The molecule has 1 rings (SSSR count). The largest absolute Gasteiger partial charge is 0.447 e. The molecule has 7 nitrogen and oxygen atoms in total. The summed E-state index contributed by atoms with van der Waals surface area (Å²) in [6.45, 7) is 6.90. The molecule has 0 radical (unpaired) electrons. The van der Waals surface area contributed by atoms with Crippen LogP contribution in [0.2, 0.25) is 0 Å². The molecular weight excluding hydrogens is 564 g/mol. The number of nitrogens with one attached hydrogen (secondary N) is 2. The van der Waals surface area contributed by atoms with Gasteiger partial charge in [-0.05, 0) is 33.3 Å². The number of halogens is 3. The van der Waals surface area contributed by atoms with E-state index in [1.165, 1.54) is 6.92 Å². The minimum atomic E-state index is -1.25. The van der Waals surface area contributed by atoms with Crippen molar-refractivity contribution in [2.24, 2.45) is 0 Å². The standard InChI is InChI=1S/C18H23Br3N2O5/c1-11(22-16(26)27-10-12-8-6-5-7-9-12)15(25)28-13(18(19,20)21)14(24)23-17(2,3)4/h5-9,11,13H,10H2,1-4H3,(H,22,26)(H,23,24)/t11-,13?/m0/s1. The molecule has 0 fully saturated rings. The second-order valence-corrected chi connectivity index (χ2v) is 14.0. The fraction of sp³-hybridized carbons (Fsp3) is 0.500. The minimum Gasteiger partial charge on any atom is -0.447 e. The quantitative estimate of drug-likeness (QED) is 0.389. The molecule has 2 atom stereocenters. The van der Waals surface area contributed by atoms with Crippen molar-refractivity contribution >= 4 is 65.8 Å². The summed E-state index contributed by atoms with van der Waals surface area (Å²) in [6.07, 6.45) is -2.02. The Morgan fingerprint density at radius 1 is 1.07 bits per heavy atom. The third-order valence-corrected chi connectivity index (χ3v) is 4.42. The highest BCUT2D eigenvalue weighted by molar-refractivity contribution is 9.39. The van der Waals surface area contributed by atoms with Crippen LogP contribution in [0.4, 0.5) is 4.79 Å². The third-order valence-electron chi connectivity index (χ3n) is 3.17. The summed E-state index contributed by atoms with van der Waals surface area (Å²) in [7, 11) is 0. The van der Waals surface area contributed by atoms with E-state index in [2.05, 4.69) is 58.4 Å². The number of hydrogen-bond acceptors (Lipinski definition) is 5. The first kappa shape index (κ1) is 24.9. The summed E-state index contributed by atoms with van der Waals surface area (Å²) in [5, 5.41) is 5.11. The van der Waals surface area contributed by atoms with Crippen LogP contribution in [0.15, 0.2) is 30.3 Å². The van der Waals surface area contributed by atoms with Crippen molar-refractivity contribution in [2.75, 3.05) is 0 Å². The topological polar surface area (TPSA) is 93.7 Å². The van der Waals surface area contributed by atoms with Gasteiger partial charge in [-0.1, -0.05) is 78.1 Å². The maximum atomic E-state index is 12.5. The SMILES string of the molecule is C[C@H](NC(=O)OCc1ccccc1)C(=O)OC(C(=O)NC(C)(C)C)C(Br)(Br)Br. The van der Waals surface area contributed by atoms with Crippen molar-refractivity contribution in [1.82, 2.24) is 10.6 Å². The molecule has 0 bridgehead atoms. The second-order valence-electron chi connectivity index (χ2n) is 7.03. The van der Waals surface area contributed by atoms with E-state index >= 15 is 0 Å². The molecule has 10 heteroatoms. The van der Waals surface area contributed by atoms with Crippen LogP contribution in [-0.2, 0) is 25.7 Å². The number of benzene rings is 1. The normalized spacial score (nSPS) is 13.8. The predicted molar refractivity (Wildman–Crippen MR) is 117 cm³/mol. The molecule has 0 aliphatic heterocycles. The number of carbonyl (C=O) groups excluding carboxylic acids is 3. The maximum Gasteiger partial charge on any atom is 0.408 e. The van der Waals surface area contributed by atoms with Gasteiger partial charge < -0.3 is 20.1 Å². The van der Waals surface area contributed by atoms with E-state index < -0.39 is 37.8 Å². The van der Waals surface area contributed by atoms with Gasteiger partial charge in [-0.25, -0.2) is 9.59 Å². The van der Waals surface area contributed by atoms with Crippen molar-refractivity contribution in [3.63, 3.8) is 0 Å². The fourth-order valence-corrected chi connectivity index (χ4v) is 2.83. The molecule has 2 amide bonds. The molecule has 2 N–H and O–H groups in total. The number of esters is 1. The maximum absolute atomic E-state index is 12.5. The van der Waals surface area contributed by atoms with Gasteiger partial charge in [0.05, 0.1) is 0 Å². The summed E-state index contributed by atoms with van der Waals surface area (Å²) in [5.74, 6) is -1.32. The minimum absolute atomic E-state index is 0.0678. The molecule has 28 heavy (non-hydrogen) atoms. The van der Waals surface area contributed by atoms with E-state index in [1.807, 2.05) is 30.3 Å². The number of amides is 2. The van der Waals surface area contributed by atoms with Gasteiger partial charge in [0.1, 0.15) is 12.6 Å². The molecule has 1 aromatic rings. The summed E-state index contributed by atoms with van der Waals surface area (Å²) in [4.78, 5) is 36.7. The lowest BCUT2D eigenvalue weighted by Crippen LogP contribution is -2.52. The van der Waals surface area contributed by atoms with E-state index in [0.29, 0.717) is 0 Å². The Kier molecular flexibility index (Phi) is 9.42. The van der Waals surface area contributed by atoms with Crippen LogP contribution in [-0.4, -0.2) is 37.8 Å². The first-order chi connectivity index (χ1) is 12.8. The molecular formula is C18H23Br3N2O5. The Hall–Kier alpha value is -1.13. The van der Waals surface area contributed by atoms with Crippen molar-refractivity contribution in [3.8, 4) is 0 Å². The van der Waals surface area contributed by atoms with Crippen LogP contribution in [0, 0.1) is 0 Å². The Morgan fingerprint density at radius 3 is 2.14 bits per heavy atom. The first-order valence-corrected chi connectivity index (χ1v) is 10.7. The van der Waals surface area contributed by atoms with E-state index in [9.17, 15) is 14.4 Å². The highest BCUT2D eigenvalue weighted by Crippen LogP contribution is 2.39. The van der Waals surface area contributed by atoms with Gasteiger partial charge in [-0.15, -0.1) is 0 Å². The van der Waals surface area contributed by atoms with Gasteiger partial charge in [-0.3, -0.25) is 4.79 Å². The highest BCUT2D eigenvalue weighted by atomic mass is 80.0. The molecule has 1 aromatic carbocycles. The lowest BCUT2D eigenvalue weighted by molar-refractivity contribution is -0.157. The number of rotatable bonds is 6. The molecule has 0 aliphatic rings. The smallest absolute Gasteiger partial charge is 0.408 e. The van der Waals surface area contributed by atoms with Crippen molar-refractivity contribution in [3.05, 3.63) is 35.9 Å². The van der Waals surface area contributed by atoms with E-state index in [0.717, 1.165) is 5.56 Å². The zero-order valence-corrected chi connectivity index (χ0v) is 20.7. The predicted octanol–water partition coefficient (Wildman–Crippen LogP) is 3.97. The number of alkyl halides is 3. The van der Waals surface area contributed by atoms with Gasteiger partial charge in [0.25, 0.3) is 5.91 Å². The van der Waals surface area contributed by atoms with E-state index in [-0.39, 0.29) is 6.61 Å². The van der Waals surface area contributed by atoms with Crippen molar-refractivity contribution in [1.29, 1.82) is 0 Å².